The number of hydrogen-bond donors (Lipinski definition) is 2. The van der Waals surface area contributed by atoms with Crippen molar-refractivity contribution in [3.05, 3.63) is 71.8 Å². The molecule has 0 aromatic heterocycles. The molecule has 0 saturated heterocycles. The van der Waals surface area contributed by atoms with Crippen LogP contribution in [0.4, 0.5) is 0 Å². The molecule has 0 spiro atoms. The fraction of sp³-hybridized carbons (Fsp3) is 0.158. The molecule has 5 heteroatoms. The lowest BCUT2D eigenvalue weighted by Crippen LogP contribution is -2.39. The molecule has 0 fully saturated rings. The van der Waals surface area contributed by atoms with Crippen LogP contribution in [-0.4, -0.2) is 24.7 Å². The van der Waals surface area contributed by atoms with E-state index >= 15 is 0 Å². The number of hydrogen-bond acceptors (Lipinski definition) is 3. The van der Waals surface area contributed by atoms with Gasteiger partial charge in [-0.3, -0.25) is 10.1 Å². The molecule has 4 nitrogen and oxygen atoms in total. The molecule has 1 amide bonds. The van der Waals surface area contributed by atoms with Crippen LogP contribution in [0.3, 0.4) is 0 Å². The lowest BCUT2D eigenvalue weighted by Gasteiger charge is -2.08. The van der Waals surface area contributed by atoms with E-state index in [0.29, 0.717) is 11.7 Å². The highest BCUT2D eigenvalue weighted by molar-refractivity contribution is 7.80. The van der Waals surface area contributed by atoms with Crippen molar-refractivity contribution in [1.29, 1.82) is 0 Å². The molecule has 0 aliphatic heterocycles. The van der Waals surface area contributed by atoms with Gasteiger partial charge in [0.05, 0.1) is 7.11 Å². The van der Waals surface area contributed by atoms with Crippen LogP contribution >= 0.6 is 12.2 Å². The summed E-state index contributed by atoms with van der Waals surface area (Å²) in [5.41, 5.74) is 2.13. The molecule has 0 aliphatic rings. The van der Waals surface area contributed by atoms with Gasteiger partial charge in [-0.2, -0.15) is 0 Å². The number of thiocarbonyl (C=S) groups is 1. The first kappa shape index (κ1) is 17.7. The van der Waals surface area contributed by atoms with E-state index in [-0.39, 0.29) is 5.91 Å². The van der Waals surface area contributed by atoms with Crippen LogP contribution in [0, 0.1) is 0 Å². The van der Waals surface area contributed by atoms with E-state index < -0.39 is 0 Å². The van der Waals surface area contributed by atoms with E-state index in [1.165, 1.54) is 11.6 Å². The lowest BCUT2D eigenvalue weighted by atomic mass is 10.1. The third-order valence-corrected chi connectivity index (χ3v) is 3.57. The van der Waals surface area contributed by atoms with Gasteiger partial charge in [-0.1, -0.05) is 42.5 Å². The van der Waals surface area contributed by atoms with E-state index in [2.05, 4.69) is 22.8 Å². The minimum Gasteiger partial charge on any atom is -0.497 e. The van der Waals surface area contributed by atoms with E-state index in [9.17, 15) is 4.79 Å². The largest absolute Gasteiger partial charge is 0.497 e. The summed E-state index contributed by atoms with van der Waals surface area (Å²) in [4.78, 5) is 11.8. The molecule has 0 aliphatic carbocycles. The van der Waals surface area contributed by atoms with Gasteiger partial charge in [-0.15, -0.1) is 0 Å². The van der Waals surface area contributed by atoms with Crippen LogP contribution in [0.1, 0.15) is 11.1 Å². The molecule has 2 N–H and O–H groups in total. The number of carbonyl (C=O) groups is 1. The molecule has 0 unspecified atom stereocenters. The van der Waals surface area contributed by atoms with Gasteiger partial charge >= 0.3 is 0 Å². The SMILES string of the molecule is COc1ccc(C=CC(=O)NC(=S)NCCc2ccccc2)cc1. The van der Waals surface area contributed by atoms with Crippen LogP contribution in [0.2, 0.25) is 0 Å². The maximum Gasteiger partial charge on any atom is 0.250 e. The number of nitrogens with one attached hydrogen (secondary N) is 2. The van der Waals surface area contributed by atoms with Crippen molar-refractivity contribution in [2.75, 3.05) is 13.7 Å². The molecular formula is C19H20N2O2S. The highest BCUT2D eigenvalue weighted by atomic mass is 32.1. The quantitative estimate of drug-likeness (QED) is 0.627. The summed E-state index contributed by atoms with van der Waals surface area (Å²) in [6.45, 7) is 0.672. The van der Waals surface area contributed by atoms with Gasteiger partial charge in [0.1, 0.15) is 5.75 Å². The number of amides is 1. The van der Waals surface area contributed by atoms with E-state index in [1.54, 1.807) is 13.2 Å². The number of rotatable bonds is 6. The number of carbonyl (C=O) groups excluding carboxylic acids is 1. The molecule has 0 saturated carbocycles. The number of methoxy groups -OCH3 is 1. The zero-order chi connectivity index (χ0) is 17.2. The second kappa shape index (κ2) is 9.47. The zero-order valence-electron chi connectivity index (χ0n) is 13.5. The molecule has 0 atom stereocenters. The first-order chi connectivity index (χ1) is 11.7. The minimum atomic E-state index is -0.261. The van der Waals surface area contributed by atoms with Gasteiger partial charge in [-0.05, 0) is 48.0 Å². The number of ether oxygens (including phenoxy) is 1. The Morgan fingerprint density at radius 3 is 2.50 bits per heavy atom. The summed E-state index contributed by atoms with van der Waals surface area (Å²) in [5, 5.41) is 5.98. The number of benzene rings is 2. The highest BCUT2D eigenvalue weighted by Crippen LogP contribution is 2.12. The Bertz CT molecular complexity index is 697. The second-order valence-electron chi connectivity index (χ2n) is 5.09. The average Bonchev–Trinajstić information content (AvgIpc) is 2.61. The van der Waals surface area contributed by atoms with Gasteiger partial charge in [-0.25, -0.2) is 0 Å². The zero-order valence-corrected chi connectivity index (χ0v) is 14.3. The van der Waals surface area contributed by atoms with Crippen molar-refractivity contribution >= 4 is 29.3 Å². The molecule has 2 aromatic carbocycles. The Morgan fingerprint density at radius 1 is 1.12 bits per heavy atom. The van der Waals surface area contributed by atoms with E-state index in [4.69, 9.17) is 17.0 Å². The standard InChI is InChI=1S/C19H20N2O2S/c1-23-17-10-7-16(8-11-17)9-12-18(22)21-19(24)20-14-13-15-5-3-2-4-6-15/h2-12H,13-14H2,1H3,(H2,20,21,22,24). The molecule has 2 aromatic rings. The van der Waals surface area contributed by atoms with Gasteiger partial charge in [0.25, 0.3) is 0 Å². The average molecular weight is 340 g/mol. The van der Waals surface area contributed by atoms with Crippen molar-refractivity contribution in [2.45, 2.75) is 6.42 Å². The third kappa shape index (κ3) is 6.22. The Balaban J connectivity index is 1.72. The van der Waals surface area contributed by atoms with Crippen LogP contribution < -0.4 is 15.4 Å². The first-order valence-corrected chi connectivity index (χ1v) is 8.03. The molecular weight excluding hydrogens is 320 g/mol. The fourth-order valence-electron chi connectivity index (χ4n) is 2.05. The Labute approximate surface area is 147 Å². The minimum absolute atomic E-state index is 0.261. The predicted octanol–water partition coefficient (Wildman–Crippen LogP) is 2.94. The Kier molecular flexibility index (Phi) is 6.98. The monoisotopic (exact) mass is 340 g/mol. The maximum atomic E-state index is 11.8. The fourth-order valence-corrected chi connectivity index (χ4v) is 2.25. The van der Waals surface area contributed by atoms with Crippen LogP contribution in [0.15, 0.2) is 60.7 Å². The summed E-state index contributed by atoms with van der Waals surface area (Å²) < 4.78 is 5.09. The lowest BCUT2D eigenvalue weighted by molar-refractivity contribution is -0.115. The maximum absolute atomic E-state index is 11.8. The van der Waals surface area contributed by atoms with Crippen molar-refractivity contribution in [3.63, 3.8) is 0 Å². The molecule has 0 radical (unpaired) electrons. The third-order valence-electron chi connectivity index (χ3n) is 3.32. The summed E-state index contributed by atoms with van der Waals surface area (Å²) >= 11 is 5.12. The van der Waals surface area contributed by atoms with Crippen molar-refractivity contribution in [3.8, 4) is 5.75 Å². The summed E-state index contributed by atoms with van der Waals surface area (Å²) in [7, 11) is 1.62. The van der Waals surface area contributed by atoms with Gasteiger partial charge in [0, 0.05) is 12.6 Å². The first-order valence-electron chi connectivity index (χ1n) is 7.62. The molecule has 124 valence electrons. The molecule has 2 rings (SSSR count). The van der Waals surface area contributed by atoms with Crippen LogP contribution in [0.25, 0.3) is 6.08 Å². The highest BCUT2D eigenvalue weighted by Gasteiger charge is 2.00. The molecule has 0 bridgehead atoms. The topological polar surface area (TPSA) is 50.4 Å². The van der Waals surface area contributed by atoms with Gasteiger partial charge < -0.3 is 10.1 Å². The van der Waals surface area contributed by atoms with Crippen molar-refractivity contribution in [2.24, 2.45) is 0 Å². The summed E-state index contributed by atoms with van der Waals surface area (Å²) in [6.07, 6.45) is 4.02. The summed E-state index contributed by atoms with van der Waals surface area (Å²) in [6, 6.07) is 17.5. The van der Waals surface area contributed by atoms with Crippen LogP contribution in [-0.2, 0) is 11.2 Å². The predicted molar refractivity (Wildman–Crippen MR) is 101 cm³/mol. The van der Waals surface area contributed by atoms with Crippen molar-refractivity contribution < 1.29 is 9.53 Å². The van der Waals surface area contributed by atoms with Gasteiger partial charge in [0.15, 0.2) is 5.11 Å². The van der Waals surface area contributed by atoms with Crippen molar-refractivity contribution in [1.82, 2.24) is 10.6 Å². The molecule has 24 heavy (non-hydrogen) atoms. The van der Waals surface area contributed by atoms with E-state index in [0.717, 1.165) is 17.7 Å². The normalized spacial score (nSPS) is 10.4. The summed E-state index contributed by atoms with van der Waals surface area (Å²) in [5.74, 6) is 0.517. The van der Waals surface area contributed by atoms with E-state index in [1.807, 2.05) is 42.5 Å². The Morgan fingerprint density at radius 2 is 1.83 bits per heavy atom. The Hall–Kier alpha value is -2.66. The van der Waals surface area contributed by atoms with Gasteiger partial charge in [0.2, 0.25) is 5.91 Å². The second-order valence-corrected chi connectivity index (χ2v) is 5.50. The molecule has 0 heterocycles. The van der Waals surface area contributed by atoms with Crippen LogP contribution in [0.5, 0.6) is 5.75 Å². The smallest absolute Gasteiger partial charge is 0.250 e.